The van der Waals surface area contributed by atoms with Gasteiger partial charge in [-0.05, 0) is 24.7 Å². The molecule has 2 N–H and O–H groups in total. The van der Waals surface area contributed by atoms with Crippen LogP contribution in [0.25, 0.3) is 0 Å². The van der Waals surface area contributed by atoms with E-state index in [0.717, 1.165) is 0 Å². The van der Waals surface area contributed by atoms with Gasteiger partial charge in [-0.2, -0.15) is 0 Å². The maximum atomic E-state index is 11.4. The van der Waals surface area contributed by atoms with Crippen LogP contribution in [0.1, 0.15) is 12.0 Å². The monoisotopic (exact) mass is 270 g/mol. The van der Waals surface area contributed by atoms with Crippen LogP contribution in [0, 0.1) is 0 Å². The third-order valence-corrected chi connectivity index (χ3v) is 3.13. The van der Waals surface area contributed by atoms with E-state index in [-0.39, 0.29) is 11.7 Å². The van der Waals surface area contributed by atoms with Crippen LogP contribution in [-0.2, 0) is 20.4 Å². The van der Waals surface area contributed by atoms with E-state index in [1.54, 1.807) is 31.3 Å². The van der Waals surface area contributed by atoms with E-state index in [4.69, 9.17) is 0 Å². The standard InChI is InChI=1S/C12H18N2O3S/c1-13-8-7-12(15)14-11-5-3-10(4-6-11)9-18(2,16)17/h3-6,13H,7-9H2,1-2H3,(H,14,15). The number of benzene rings is 1. The lowest BCUT2D eigenvalue weighted by Crippen LogP contribution is -2.18. The molecule has 1 aromatic rings. The van der Waals surface area contributed by atoms with Gasteiger partial charge in [0.15, 0.2) is 9.84 Å². The van der Waals surface area contributed by atoms with Gasteiger partial charge in [-0.1, -0.05) is 12.1 Å². The minimum absolute atomic E-state index is 0.0149. The molecule has 0 unspecified atom stereocenters. The smallest absolute Gasteiger partial charge is 0.225 e. The van der Waals surface area contributed by atoms with Crippen LogP contribution in [-0.4, -0.2) is 34.2 Å². The Balaban J connectivity index is 2.58. The van der Waals surface area contributed by atoms with E-state index >= 15 is 0 Å². The largest absolute Gasteiger partial charge is 0.326 e. The van der Waals surface area contributed by atoms with Gasteiger partial charge in [0, 0.05) is 24.9 Å². The first-order valence-electron chi connectivity index (χ1n) is 5.62. The average molecular weight is 270 g/mol. The first kappa shape index (κ1) is 14.7. The molecule has 0 saturated heterocycles. The Morgan fingerprint density at radius 3 is 2.33 bits per heavy atom. The highest BCUT2D eigenvalue weighted by molar-refractivity contribution is 7.89. The van der Waals surface area contributed by atoms with Crippen LogP contribution in [0.4, 0.5) is 5.69 Å². The van der Waals surface area contributed by atoms with Crippen molar-refractivity contribution in [3.8, 4) is 0 Å². The molecule has 0 saturated carbocycles. The second kappa shape index (κ2) is 6.51. The maximum Gasteiger partial charge on any atom is 0.225 e. The van der Waals surface area contributed by atoms with Gasteiger partial charge in [-0.3, -0.25) is 4.79 Å². The van der Waals surface area contributed by atoms with E-state index in [1.807, 2.05) is 0 Å². The minimum atomic E-state index is -3.02. The summed E-state index contributed by atoms with van der Waals surface area (Å²) in [6, 6.07) is 6.82. The first-order valence-corrected chi connectivity index (χ1v) is 7.68. The minimum Gasteiger partial charge on any atom is -0.326 e. The number of sulfone groups is 1. The molecule has 1 rings (SSSR count). The Kier molecular flexibility index (Phi) is 5.30. The molecule has 5 nitrogen and oxygen atoms in total. The molecule has 1 amide bonds. The van der Waals surface area contributed by atoms with Crippen molar-refractivity contribution in [2.45, 2.75) is 12.2 Å². The van der Waals surface area contributed by atoms with E-state index in [0.29, 0.717) is 24.2 Å². The van der Waals surface area contributed by atoms with E-state index in [9.17, 15) is 13.2 Å². The number of carbonyl (C=O) groups is 1. The molecule has 0 aliphatic rings. The van der Waals surface area contributed by atoms with Gasteiger partial charge in [0.05, 0.1) is 5.75 Å². The molecule has 0 aromatic heterocycles. The molecule has 0 radical (unpaired) electrons. The SMILES string of the molecule is CNCCC(=O)Nc1ccc(CS(C)(=O)=O)cc1. The van der Waals surface area contributed by atoms with Crippen molar-refractivity contribution in [2.75, 3.05) is 25.2 Å². The Hall–Kier alpha value is -1.40. The van der Waals surface area contributed by atoms with Gasteiger partial charge in [0.2, 0.25) is 5.91 Å². The molecule has 1 aromatic carbocycles. The molecule has 100 valence electrons. The normalized spacial score (nSPS) is 11.2. The molecule has 18 heavy (non-hydrogen) atoms. The Morgan fingerprint density at radius 2 is 1.83 bits per heavy atom. The van der Waals surface area contributed by atoms with Crippen LogP contribution < -0.4 is 10.6 Å². The second-order valence-electron chi connectivity index (χ2n) is 4.17. The quantitative estimate of drug-likeness (QED) is 0.801. The highest BCUT2D eigenvalue weighted by Gasteiger charge is 2.05. The predicted molar refractivity (Wildman–Crippen MR) is 72.2 cm³/mol. The molecule has 0 aliphatic carbocycles. The fourth-order valence-corrected chi connectivity index (χ4v) is 2.25. The van der Waals surface area contributed by atoms with Gasteiger partial charge in [0.25, 0.3) is 0 Å². The van der Waals surface area contributed by atoms with Gasteiger partial charge < -0.3 is 10.6 Å². The third kappa shape index (κ3) is 5.79. The summed E-state index contributed by atoms with van der Waals surface area (Å²) in [5, 5.41) is 5.63. The Morgan fingerprint density at radius 1 is 1.22 bits per heavy atom. The lowest BCUT2D eigenvalue weighted by atomic mass is 10.2. The van der Waals surface area contributed by atoms with Crippen molar-refractivity contribution in [1.82, 2.24) is 5.32 Å². The van der Waals surface area contributed by atoms with E-state index < -0.39 is 9.84 Å². The van der Waals surface area contributed by atoms with Crippen molar-refractivity contribution in [3.05, 3.63) is 29.8 Å². The summed E-state index contributed by atoms with van der Waals surface area (Å²) in [5.74, 6) is -0.0544. The Labute approximate surface area is 108 Å². The molecular weight excluding hydrogens is 252 g/mol. The molecule has 0 spiro atoms. The summed E-state index contributed by atoms with van der Waals surface area (Å²) in [6.07, 6.45) is 1.60. The average Bonchev–Trinajstić information content (AvgIpc) is 2.27. The second-order valence-corrected chi connectivity index (χ2v) is 6.31. The summed E-state index contributed by atoms with van der Waals surface area (Å²) in [5.41, 5.74) is 1.39. The zero-order valence-electron chi connectivity index (χ0n) is 10.6. The molecule has 0 atom stereocenters. The van der Waals surface area contributed by atoms with Crippen LogP contribution in [0.5, 0.6) is 0 Å². The van der Waals surface area contributed by atoms with Crippen LogP contribution >= 0.6 is 0 Å². The summed E-state index contributed by atoms with van der Waals surface area (Å²) in [4.78, 5) is 11.4. The summed E-state index contributed by atoms with van der Waals surface area (Å²) in [6.45, 7) is 0.623. The van der Waals surface area contributed by atoms with Gasteiger partial charge in [-0.15, -0.1) is 0 Å². The highest BCUT2D eigenvalue weighted by atomic mass is 32.2. The summed E-state index contributed by atoms with van der Waals surface area (Å²) < 4.78 is 22.2. The molecular formula is C12H18N2O3S. The van der Waals surface area contributed by atoms with Crippen LogP contribution in [0.3, 0.4) is 0 Å². The molecule has 0 fully saturated rings. The van der Waals surface area contributed by atoms with E-state index in [2.05, 4.69) is 10.6 Å². The lowest BCUT2D eigenvalue weighted by molar-refractivity contribution is -0.116. The number of hydrogen-bond acceptors (Lipinski definition) is 4. The number of anilines is 1. The number of amides is 1. The van der Waals surface area contributed by atoms with Crippen LogP contribution in [0.15, 0.2) is 24.3 Å². The van der Waals surface area contributed by atoms with Gasteiger partial charge in [-0.25, -0.2) is 8.42 Å². The Bertz CT molecular complexity index is 495. The zero-order valence-corrected chi connectivity index (χ0v) is 11.4. The van der Waals surface area contributed by atoms with Gasteiger partial charge in [0.1, 0.15) is 0 Å². The summed E-state index contributed by atoms with van der Waals surface area (Å²) >= 11 is 0. The molecule has 0 aliphatic heterocycles. The van der Waals surface area contributed by atoms with Crippen molar-refractivity contribution >= 4 is 21.4 Å². The van der Waals surface area contributed by atoms with Crippen molar-refractivity contribution in [1.29, 1.82) is 0 Å². The van der Waals surface area contributed by atoms with Crippen molar-refractivity contribution in [3.63, 3.8) is 0 Å². The number of hydrogen-bond donors (Lipinski definition) is 2. The number of carbonyl (C=O) groups excluding carboxylic acids is 1. The topological polar surface area (TPSA) is 75.3 Å². The number of nitrogens with one attached hydrogen (secondary N) is 2. The highest BCUT2D eigenvalue weighted by Crippen LogP contribution is 2.11. The lowest BCUT2D eigenvalue weighted by Gasteiger charge is -2.06. The molecule has 6 heteroatoms. The first-order chi connectivity index (χ1) is 8.40. The van der Waals surface area contributed by atoms with E-state index in [1.165, 1.54) is 6.26 Å². The third-order valence-electron chi connectivity index (χ3n) is 2.27. The zero-order chi connectivity index (χ0) is 13.6. The predicted octanol–water partition coefficient (Wildman–Crippen LogP) is 0.779. The fourth-order valence-electron chi connectivity index (χ4n) is 1.45. The van der Waals surface area contributed by atoms with Crippen LogP contribution in [0.2, 0.25) is 0 Å². The molecule has 0 heterocycles. The summed E-state index contributed by atoms with van der Waals surface area (Å²) in [7, 11) is -1.24. The maximum absolute atomic E-state index is 11.4. The molecule has 0 bridgehead atoms. The number of rotatable bonds is 6. The fraction of sp³-hybridized carbons (Fsp3) is 0.417. The van der Waals surface area contributed by atoms with Crippen molar-refractivity contribution < 1.29 is 13.2 Å². The van der Waals surface area contributed by atoms with Gasteiger partial charge >= 0.3 is 0 Å². The van der Waals surface area contributed by atoms with Crippen molar-refractivity contribution in [2.24, 2.45) is 0 Å².